The van der Waals surface area contributed by atoms with E-state index < -0.39 is 10.0 Å². The van der Waals surface area contributed by atoms with Gasteiger partial charge in [0.1, 0.15) is 0 Å². The smallest absolute Gasteiger partial charge is 0.211 e. The summed E-state index contributed by atoms with van der Waals surface area (Å²) in [6.45, 7) is 3.23. The molecule has 1 fully saturated rings. The van der Waals surface area contributed by atoms with Crippen LogP contribution < -0.4 is 0 Å². The quantitative estimate of drug-likeness (QED) is 0.852. The van der Waals surface area contributed by atoms with Crippen LogP contribution in [-0.2, 0) is 16.6 Å². The number of hydrogen-bond donors (Lipinski definition) is 0. The fourth-order valence-electron chi connectivity index (χ4n) is 2.75. The minimum Gasteiger partial charge on any atom is -0.439 e. The van der Waals surface area contributed by atoms with Gasteiger partial charge in [-0.3, -0.25) is 4.90 Å². The lowest BCUT2D eigenvalue weighted by Gasteiger charge is -2.19. The van der Waals surface area contributed by atoms with E-state index in [1.165, 1.54) is 10.6 Å². The average molecular weight is 335 g/mol. The molecule has 2 aromatic rings. The lowest BCUT2D eigenvalue weighted by molar-refractivity contribution is 0.251. The lowest BCUT2D eigenvalue weighted by Crippen LogP contribution is -2.34. The zero-order chi connectivity index (χ0) is 16.3. The fraction of sp³-hybridized carbons (Fsp3) is 0.438. The molecule has 0 N–H and O–H groups in total. The van der Waals surface area contributed by atoms with Gasteiger partial charge in [-0.1, -0.05) is 30.3 Å². The molecule has 7 heteroatoms. The van der Waals surface area contributed by atoms with Crippen LogP contribution >= 0.6 is 0 Å². The Morgan fingerprint density at radius 1 is 1.13 bits per heavy atom. The van der Waals surface area contributed by atoms with E-state index in [0.717, 1.165) is 24.3 Å². The number of rotatable bonds is 4. The molecule has 1 saturated heterocycles. The Labute approximate surface area is 136 Å². The van der Waals surface area contributed by atoms with Crippen LogP contribution in [0.25, 0.3) is 11.3 Å². The van der Waals surface area contributed by atoms with Crippen molar-refractivity contribution in [2.24, 2.45) is 0 Å². The second-order valence-electron chi connectivity index (χ2n) is 5.78. The minimum absolute atomic E-state index is 0.519. The van der Waals surface area contributed by atoms with Crippen molar-refractivity contribution in [1.82, 2.24) is 14.2 Å². The number of oxazole rings is 1. The van der Waals surface area contributed by atoms with Gasteiger partial charge in [0.2, 0.25) is 15.9 Å². The molecule has 1 aliphatic heterocycles. The first-order valence-electron chi connectivity index (χ1n) is 7.70. The van der Waals surface area contributed by atoms with Crippen molar-refractivity contribution in [2.45, 2.75) is 13.0 Å². The number of benzene rings is 1. The summed E-state index contributed by atoms with van der Waals surface area (Å²) in [5.41, 5.74) is 1.00. The van der Waals surface area contributed by atoms with Crippen LogP contribution in [-0.4, -0.2) is 55.0 Å². The highest BCUT2D eigenvalue weighted by atomic mass is 32.2. The van der Waals surface area contributed by atoms with Crippen LogP contribution in [0.3, 0.4) is 0 Å². The zero-order valence-electron chi connectivity index (χ0n) is 13.2. The van der Waals surface area contributed by atoms with Gasteiger partial charge in [-0.25, -0.2) is 17.7 Å². The van der Waals surface area contributed by atoms with E-state index in [1.807, 2.05) is 30.3 Å². The van der Waals surface area contributed by atoms with Gasteiger partial charge in [0.25, 0.3) is 0 Å². The molecule has 0 aliphatic carbocycles. The fourth-order valence-corrected chi connectivity index (χ4v) is 3.62. The summed E-state index contributed by atoms with van der Waals surface area (Å²) in [4.78, 5) is 6.53. The summed E-state index contributed by atoms with van der Waals surface area (Å²) in [5.74, 6) is 1.42. The molecule has 2 heterocycles. The van der Waals surface area contributed by atoms with Crippen LogP contribution in [0.4, 0.5) is 0 Å². The average Bonchev–Trinajstić information content (AvgIpc) is 2.85. The Morgan fingerprint density at radius 3 is 2.65 bits per heavy atom. The predicted octanol–water partition coefficient (Wildman–Crippen LogP) is 1.81. The van der Waals surface area contributed by atoms with Gasteiger partial charge in [-0.05, 0) is 13.0 Å². The number of nitrogens with zero attached hydrogens (tertiary/aromatic N) is 3. The van der Waals surface area contributed by atoms with E-state index in [9.17, 15) is 8.42 Å². The normalized spacial score (nSPS) is 18.0. The molecule has 6 nitrogen and oxygen atoms in total. The topological polar surface area (TPSA) is 66.7 Å². The van der Waals surface area contributed by atoms with E-state index in [2.05, 4.69) is 9.88 Å². The summed E-state index contributed by atoms with van der Waals surface area (Å²) in [5, 5.41) is 0. The van der Waals surface area contributed by atoms with Crippen LogP contribution in [0, 0.1) is 0 Å². The molecule has 23 heavy (non-hydrogen) atoms. The monoisotopic (exact) mass is 335 g/mol. The van der Waals surface area contributed by atoms with Crippen LogP contribution in [0.15, 0.2) is 40.9 Å². The summed E-state index contributed by atoms with van der Waals surface area (Å²) in [6.07, 6.45) is 3.83. The Bertz CT molecular complexity index is 743. The van der Waals surface area contributed by atoms with E-state index >= 15 is 0 Å². The van der Waals surface area contributed by atoms with Crippen molar-refractivity contribution in [3.63, 3.8) is 0 Å². The summed E-state index contributed by atoms with van der Waals surface area (Å²) >= 11 is 0. The molecular weight excluding hydrogens is 314 g/mol. The van der Waals surface area contributed by atoms with Crippen molar-refractivity contribution in [3.05, 3.63) is 42.4 Å². The van der Waals surface area contributed by atoms with Crippen molar-refractivity contribution < 1.29 is 12.8 Å². The van der Waals surface area contributed by atoms with Gasteiger partial charge >= 0.3 is 0 Å². The Morgan fingerprint density at radius 2 is 1.91 bits per heavy atom. The molecule has 0 amide bonds. The molecule has 1 aliphatic rings. The van der Waals surface area contributed by atoms with Gasteiger partial charge in [0, 0.05) is 25.2 Å². The SMILES string of the molecule is CS(=O)(=O)N1CCCN(Cc2ncc(-c3ccccc3)o2)CC1. The van der Waals surface area contributed by atoms with Gasteiger partial charge in [0.15, 0.2) is 5.76 Å². The van der Waals surface area contributed by atoms with Crippen molar-refractivity contribution in [2.75, 3.05) is 32.4 Å². The zero-order valence-corrected chi connectivity index (χ0v) is 14.0. The molecule has 0 saturated carbocycles. The van der Waals surface area contributed by atoms with Crippen LogP contribution in [0.5, 0.6) is 0 Å². The summed E-state index contributed by atoms with van der Waals surface area (Å²) in [7, 11) is -3.11. The maximum Gasteiger partial charge on any atom is 0.211 e. The highest BCUT2D eigenvalue weighted by molar-refractivity contribution is 7.88. The molecule has 0 spiro atoms. The minimum atomic E-state index is -3.11. The Hall–Kier alpha value is -1.70. The molecule has 3 rings (SSSR count). The molecule has 0 radical (unpaired) electrons. The third kappa shape index (κ3) is 4.19. The lowest BCUT2D eigenvalue weighted by atomic mass is 10.2. The first-order valence-corrected chi connectivity index (χ1v) is 9.55. The number of aromatic nitrogens is 1. The first kappa shape index (κ1) is 16.2. The first-order chi connectivity index (χ1) is 11.0. The van der Waals surface area contributed by atoms with Gasteiger partial charge in [-0.15, -0.1) is 0 Å². The number of sulfonamides is 1. The van der Waals surface area contributed by atoms with Gasteiger partial charge < -0.3 is 4.42 Å². The van der Waals surface area contributed by atoms with Crippen molar-refractivity contribution in [1.29, 1.82) is 0 Å². The molecule has 1 aromatic heterocycles. The molecule has 0 bridgehead atoms. The Kier molecular flexibility index (Phi) is 4.79. The molecule has 0 atom stereocenters. The maximum atomic E-state index is 11.6. The van der Waals surface area contributed by atoms with Crippen molar-refractivity contribution in [3.8, 4) is 11.3 Å². The standard InChI is InChI=1S/C16H21N3O3S/c1-23(20,21)19-9-5-8-18(10-11-19)13-16-17-12-15(22-16)14-6-3-2-4-7-14/h2-4,6-7,12H,5,8-11,13H2,1H3. The van der Waals surface area contributed by atoms with Crippen molar-refractivity contribution >= 4 is 10.0 Å². The summed E-state index contributed by atoms with van der Waals surface area (Å²) in [6, 6.07) is 9.87. The van der Waals surface area contributed by atoms with Crippen LogP contribution in [0.2, 0.25) is 0 Å². The highest BCUT2D eigenvalue weighted by Crippen LogP contribution is 2.20. The second kappa shape index (κ2) is 6.82. The van der Waals surface area contributed by atoms with E-state index in [4.69, 9.17) is 4.42 Å². The largest absolute Gasteiger partial charge is 0.439 e. The van der Waals surface area contributed by atoms with Crippen LogP contribution in [0.1, 0.15) is 12.3 Å². The molecular formula is C16H21N3O3S. The van der Waals surface area contributed by atoms with E-state index in [0.29, 0.717) is 32.1 Å². The number of hydrogen-bond acceptors (Lipinski definition) is 5. The third-order valence-electron chi connectivity index (χ3n) is 3.99. The summed E-state index contributed by atoms with van der Waals surface area (Å²) < 4.78 is 30.6. The van der Waals surface area contributed by atoms with E-state index in [1.54, 1.807) is 6.20 Å². The third-order valence-corrected chi connectivity index (χ3v) is 5.29. The highest BCUT2D eigenvalue weighted by Gasteiger charge is 2.22. The van der Waals surface area contributed by atoms with Gasteiger partial charge in [-0.2, -0.15) is 0 Å². The molecule has 124 valence electrons. The predicted molar refractivity (Wildman–Crippen MR) is 88.2 cm³/mol. The molecule has 1 aromatic carbocycles. The maximum absolute atomic E-state index is 11.6. The second-order valence-corrected chi connectivity index (χ2v) is 7.76. The molecule has 0 unspecified atom stereocenters. The Balaban J connectivity index is 1.63. The van der Waals surface area contributed by atoms with Gasteiger partial charge in [0.05, 0.1) is 19.0 Å². The van der Waals surface area contributed by atoms with E-state index in [-0.39, 0.29) is 0 Å².